The largest absolute Gasteiger partial charge is 0.0654 e. The Kier molecular flexibility index (Phi) is 8.11. The van der Waals surface area contributed by atoms with Crippen molar-refractivity contribution in [2.45, 2.75) is 105 Å². The van der Waals surface area contributed by atoms with Gasteiger partial charge in [0.05, 0.1) is 0 Å². The molecular formula is C19H38. The summed E-state index contributed by atoms with van der Waals surface area (Å²) in [5.41, 5.74) is 0.730. The topological polar surface area (TPSA) is 0 Å². The first-order valence-electron chi connectivity index (χ1n) is 9.18. The molecule has 0 saturated heterocycles. The van der Waals surface area contributed by atoms with Gasteiger partial charge in [0.2, 0.25) is 0 Å². The van der Waals surface area contributed by atoms with Crippen molar-refractivity contribution < 1.29 is 0 Å². The second kappa shape index (κ2) is 9.03. The van der Waals surface area contributed by atoms with Crippen LogP contribution in [0.1, 0.15) is 105 Å². The normalized spacial score (nSPS) is 26.5. The molecule has 0 nitrogen and oxygen atoms in total. The van der Waals surface area contributed by atoms with Crippen LogP contribution < -0.4 is 0 Å². The monoisotopic (exact) mass is 266 g/mol. The fraction of sp³-hybridized carbons (Fsp3) is 1.00. The minimum absolute atomic E-state index is 0.730. The van der Waals surface area contributed by atoms with E-state index in [-0.39, 0.29) is 0 Å². The van der Waals surface area contributed by atoms with Crippen LogP contribution in [0, 0.1) is 17.3 Å². The van der Waals surface area contributed by atoms with Crippen molar-refractivity contribution >= 4 is 0 Å². The lowest BCUT2D eigenvalue weighted by Gasteiger charge is -2.47. The van der Waals surface area contributed by atoms with E-state index in [1.54, 1.807) is 0 Å². The van der Waals surface area contributed by atoms with Gasteiger partial charge in [0.1, 0.15) is 0 Å². The maximum Gasteiger partial charge on any atom is -0.0269 e. The molecule has 1 fully saturated rings. The number of unbranched alkanes of at least 4 members (excludes halogenated alkanes) is 3. The van der Waals surface area contributed by atoms with Crippen molar-refractivity contribution in [3.8, 4) is 0 Å². The molecule has 114 valence electrons. The summed E-state index contributed by atoms with van der Waals surface area (Å²) in [7, 11) is 0. The van der Waals surface area contributed by atoms with E-state index in [1.165, 1.54) is 77.0 Å². The Morgan fingerprint density at radius 1 is 0.895 bits per heavy atom. The molecule has 0 radical (unpaired) electrons. The quantitative estimate of drug-likeness (QED) is 0.422. The van der Waals surface area contributed by atoms with Crippen molar-refractivity contribution in [1.82, 2.24) is 0 Å². The summed E-state index contributed by atoms with van der Waals surface area (Å²) in [6, 6.07) is 0. The third-order valence-corrected chi connectivity index (χ3v) is 5.65. The highest BCUT2D eigenvalue weighted by molar-refractivity contribution is 4.91. The van der Waals surface area contributed by atoms with E-state index in [4.69, 9.17) is 0 Å². The molecule has 0 N–H and O–H groups in total. The fourth-order valence-corrected chi connectivity index (χ4v) is 4.31. The van der Waals surface area contributed by atoms with E-state index in [0.717, 1.165) is 17.3 Å². The fourth-order valence-electron chi connectivity index (χ4n) is 4.31. The van der Waals surface area contributed by atoms with Crippen LogP contribution in [0.3, 0.4) is 0 Å². The molecular weight excluding hydrogens is 228 g/mol. The van der Waals surface area contributed by atoms with Crippen LogP contribution in [-0.4, -0.2) is 0 Å². The van der Waals surface area contributed by atoms with E-state index in [9.17, 15) is 0 Å². The van der Waals surface area contributed by atoms with Crippen LogP contribution >= 0.6 is 0 Å². The van der Waals surface area contributed by atoms with E-state index >= 15 is 0 Å². The molecule has 0 aromatic heterocycles. The molecule has 0 bridgehead atoms. The highest BCUT2D eigenvalue weighted by Gasteiger charge is 2.40. The summed E-state index contributed by atoms with van der Waals surface area (Å²) in [5.74, 6) is 2.02. The maximum atomic E-state index is 2.49. The Morgan fingerprint density at radius 3 is 2.00 bits per heavy atom. The van der Waals surface area contributed by atoms with Crippen molar-refractivity contribution in [2.75, 3.05) is 0 Å². The first-order valence-corrected chi connectivity index (χ1v) is 9.18. The Morgan fingerprint density at radius 2 is 1.47 bits per heavy atom. The molecule has 2 atom stereocenters. The molecule has 0 heteroatoms. The van der Waals surface area contributed by atoms with E-state index in [2.05, 4.69) is 27.7 Å². The molecule has 19 heavy (non-hydrogen) atoms. The highest BCUT2D eigenvalue weighted by Crippen LogP contribution is 2.52. The third kappa shape index (κ3) is 5.12. The van der Waals surface area contributed by atoms with Gasteiger partial charge in [-0.25, -0.2) is 0 Å². The lowest BCUT2D eigenvalue weighted by atomic mass is 9.58. The van der Waals surface area contributed by atoms with Crippen molar-refractivity contribution in [2.24, 2.45) is 17.3 Å². The van der Waals surface area contributed by atoms with Crippen LogP contribution in [0.4, 0.5) is 0 Å². The molecule has 1 rings (SSSR count). The lowest BCUT2D eigenvalue weighted by Crippen LogP contribution is -2.36. The molecule has 1 aliphatic rings. The zero-order chi connectivity index (χ0) is 14.1. The second-order valence-electron chi connectivity index (χ2n) is 7.29. The Hall–Kier alpha value is 0. The lowest BCUT2D eigenvalue weighted by molar-refractivity contribution is 0.0360. The highest BCUT2D eigenvalue weighted by atomic mass is 14.5. The summed E-state index contributed by atoms with van der Waals surface area (Å²) in [6.45, 7) is 9.56. The standard InChI is InChI=1S/C19H38/c1-5-8-11-18-16-17(4)12-15-19(18,13-9-6-2)14-10-7-3/h17-18H,5-16H2,1-4H3. The summed E-state index contributed by atoms with van der Waals surface area (Å²) < 4.78 is 0. The number of hydrogen-bond donors (Lipinski definition) is 0. The van der Waals surface area contributed by atoms with Gasteiger partial charge in [-0.1, -0.05) is 72.6 Å². The van der Waals surface area contributed by atoms with Crippen LogP contribution in [0.15, 0.2) is 0 Å². The van der Waals surface area contributed by atoms with Gasteiger partial charge >= 0.3 is 0 Å². The van der Waals surface area contributed by atoms with Crippen molar-refractivity contribution in [3.05, 3.63) is 0 Å². The van der Waals surface area contributed by atoms with Gasteiger partial charge in [-0.3, -0.25) is 0 Å². The zero-order valence-corrected chi connectivity index (χ0v) is 14.1. The predicted molar refractivity (Wildman–Crippen MR) is 87.5 cm³/mol. The van der Waals surface area contributed by atoms with Gasteiger partial charge in [-0.2, -0.15) is 0 Å². The molecule has 0 amide bonds. The molecule has 0 aromatic carbocycles. The van der Waals surface area contributed by atoms with Crippen molar-refractivity contribution in [1.29, 1.82) is 0 Å². The van der Waals surface area contributed by atoms with E-state index < -0.39 is 0 Å². The number of rotatable bonds is 9. The average Bonchev–Trinajstić information content (AvgIpc) is 2.43. The Balaban J connectivity index is 2.73. The van der Waals surface area contributed by atoms with Crippen LogP contribution in [0.5, 0.6) is 0 Å². The molecule has 0 aromatic rings. The van der Waals surface area contributed by atoms with Crippen LogP contribution in [-0.2, 0) is 0 Å². The number of hydrogen-bond acceptors (Lipinski definition) is 0. The molecule has 2 unspecified atom stereocenters. The smallest absolute Gasteiger partial charge is 0.0269 e. The summed E-state index contributed by atoms with van der Waals surface area (Å²) in [6.07, 6.45) is 17.6. The summed E-state index contributed by atoms with van der Waals surface area (Å²) in [5, 5.41) is 0. The van der Waals surface area contributed by atoms with Crippen LogP contribution in [0.25, 0.3) is 0 Å². The molecule has 0 heterocycles. The second-order valence-corrected chi connectivity index (χ2v) is 7.29. The SMILES string of the molecule is CCCCC1CC(C)CCC1(CCCC)CCCC. The first kappa shape index (κ1) is 17.1. The first-order chi connectivity index (χ1) is 9.18. The van der Waals surface area contributed by atoms with E-state index in [1.807, 2.05) is 0 Å². The van der Waals surface area contributed by atoms with Crippen molar-refractivity contribution in [3.63, 3.8) is 0 Å². The third-order valence-electron chi connectivity index (χ3n) is 5.65. The predicted octanol–water partition coefficient (Wildman–Crippen LogP) is 6.98. The van der Waals surface area contributed by atoms with Gasteiger partial charge in [0.25, 0.3) is 0 Å². The summed E-state index contributed by atoms with van der Waals surface area (Å²) >= 11 is 0. The van der Waals surface area contributed by atoms with Gasteiger partial charge in [-0.15, -0.1) is 0 Å². The molecule has 1 saturated carbocycles. The summed E-state index contributed by atoms with van der Waals surface area (Å²) in [4.78, 5) is 0. The molecule has 0 spiro atoms. The van der Waals surface area contributed by atoms with Crippen LogP contribution in [0.2, 0.25) is 0 Å². The Bertz CT molecular complexity index is 205. The Labute approximate surface area is 122 Å². The molecule has 1 aliphatic carbocycles. The molecule has 0 aliphatic heterocycles. The average molecular weight is 267 g/mol. The zero-order valence-electron chi connectivity index (χ0n) is 14.1. The van der Waals surface area contributed by atoms with Gasteiger partial charge < -0.3 is 0 Å². The van der Waals surface area contributed by atoms with Gasteiger partial charge in [0.15, 0.2) is 0 Å². The van der Waals surface area contributed by atoms with Gasteiger partial charge in [-0.05, 0) is 49.4 Å². The maximum absolute atomic E-state index is 2.49. The minimum atomic E-state index is 0.730. The minimum Gasteiger partial charge on any atom is -0.0654 e. The van der Waals surface area contributed by atoms with Gasteiger partial charge in [0, 0.05) is 0 Å². The van der Waals surface area contributed by atoms with E-state index in [0.29, 0.717) is 0 Å².